The van der Waals surface area contributed by atoms with Crippen molar-refractivity contribution < 1.29 is 22.7 Å². The number of carbonyl (C=O) groups excluding carboxylic acids is 1. The third kappa shape index (κ3) is 4.88. The van der Waals surface area contributed by atoms with E-state index >= 15 is 0 Å². The highest BCUT2D eigenvalue weighted by atomic mass is 19.4. The molecule has 2 heterocycles. The number of aryl methyl sites for hydroxylation is 1. The fraction of sp³-hybridized carbons (Fsp3) is 0.524. The number of ether oxygens (including phenoxy) is 1. The van der Waals surface area contributed by atoms with Gasteiger partial charge in [0, 0.05) is 12.1 Å². The first-order valence-corrected chi connectivity index (χ1v) is 10.1. The number of nitrogens with one attached hydrogen (secondary N) is 2. The van der Waals surface area contributed by atoms with E-state index in [4.69, 9.17) is 4.74 Å². The van der Waals surface area contributed by atoms with Crippen molar-refractivity contribution in [3.63, 3.8) is 0 Å². The van der Waals surface area contributed by atoms with Crippen LogP contribution in [0.2, 0.25) is 0 Å². The van der Waals surface area contributed by atoms with E-state index in [1.54, 1.807) is 7.11 Å². The third-order valence-corrected chi connectivity index (χ3v) is 5.46. The first kappa shape index (κ1) is 22.0. The Hall–Kier alpha value is -2.71. The molecular formula is C21H27F3N4O2. The van der Waals surface area contributed by atoms with Gasteiger partial charge in [-0.15, -0.1) is 0 Å². The van der Waals surface area contributed by atoms with Crippen LogP contribution in [0.1, 0.15) is 55.1 Å². The van der Waals surface area contributed by atoms with E-state index in [-0.39, 0.29) is 29.9 Å². The minimum absolute atomic E-state index is 0.103. The summed E-state index contributed by atoms with van der Waals surface area (Å²) in [5, 5.41) is 9.79. The molecule has 1 amide bonds. The molecule has 0 saturated heterocycles. The molecule has 0 bridgehead atoms. The van der Waals surface area contributed by atoms with Crippen molar-refractivity contribution >= 4 is 11.7 Å². The second-order valence-electron chi connectivity index (χ2n) is 7.66. The topological polar surface area (TPSA) is 68.2 Å². The molecule has 0 spiro atoms. The van der Waals surface area contributed by atoms with Gasteiger partial charge in [-0.1, -0.05) is 19.1 Å². The highest BCUT2D eigenvalue weighted by molar-refractivity contribution is 5.99. The molecule has 0 unspecified atom stereocenters. The second-order valence-corrected chi connectivity index (χ2v) is 7.66. The van der Waals surface area contributed by atoms with Crippen molar-refractivity contribution in [3.8, 4) is 5.75 Å². The molecule has 1 aromatic heterocycles. The van der Waals surface area contributed by atoms with E-state index in [9.17, 15) is 18.0 Å². The second kappa shape index (κ2) is 8.97. The van der Waals surface area contributed by atoms with Gasteiger partial charge in [-0.05, 0) is 50.3 Å². The molecule has 2 N–H and O–H groups in total. The van der Waals surface area contributed by atoms with E-state index in [2.05, 4.69) is 15.7 Å². The average molecular weight is 424 g/mol. The fourth-order valence-corrected chi connectivity index (χ4v) is 3.62. The molecule has 0 saturated carbocycles. The van der Waals surface area contributed by atoms with Crippen LogP contribution in [0.5, 0.6) is 5.75 Å². The molecule has 2 aromatic rings. The van der Waals surface area contributed by atoms with Gasteiger partial charge < -0.3 is 15.4 Å². The average Bonchev–Trinajstić information content (AvgIpc) is 3.15. The molecule has 164 valence electrons. The van der Waals surface area contributed by atoms with Gasteiger partial charge in [-0.3, -0.25) is 4.79 Å². The summed E-state index contributed by atoms with van der Waals surface area (Å²) in [4.78, 5) is 12.7. The van der Waals surface area contributed by atoms with Crippen LogP contribution in [0.25, 0.3) is 0 Å². The summed E-state index contributed by atoms with van der Waals surface area (Å²) in [6, 6.07) is 5.45. The van der Waals surface area contributed by atoms with Gasteiger partial charge in [0.15, 0.2) is 6.04 Å². The zero-order valence-corrected chi connectivity index (χ0v) is 17.3. The zero-order valence-electron chi connectivity index (χ0n) is 17.3. The summed E-state index contributed by atoms with van der Waals surface area (Å²) in [6.45, 7) is 3.69. The van der Waals surface area contributed by atoms with Crippen molar-refractivity contribution in [1.29, 1.82) is 0 Å². The Labute approximate surface area is 173 Å². The lowest BCUT2D eigenvalue weighted by molar-refractivity contribution is -0.173. The standard InChI is InChI=1S/C21H27F3N4O2/c1-4-15-11-18(21(22,23)24)28-19(27-15)17(12-25-28)20(29)26-13(2)5-6-14-7-9-16(30-3)10-8-14/h7-10,12-13,15,18,27H,4-6,11H2,1-3H3,(H,26,29)/t13-,15-,18-/m0/s1. The number of halogens is 3. The maximum atomic E-state index is 13.5. The number of fused-ring (bicyclic) bond motifs is 1. The van der Waals surface area contributed by atoms with Crippen molar-refractivity contribution in [3.05, 3.63) is 41.6 Å². The number of benzene rings is 1. The lowest BCUT2D eigenvalue weighted by atomic mass is 10.0. The Balaban J connectivity index is 1.66. The molecule has 3 rings (SSSR count). The Kier molecular flexibility index (Phi) is 6.58. The first-order valence-electron chi connectivity index (χ1n) is 10.1. The van der Waals surface area contributed by atoms with E-state index < -0.39 is 18.1 Å². The van der Waals surface area contributed by atoms with Gasteiger partial charge >= 0.3 is 6.18 Å². The number of hydrogen-bond donors (Lipinski definition) is 2. The molecule has 1 aromatic carbocycles. The van der Waals surface area contributed by atoms with Gasteiger partial charge in [0.05, 0.1) is 13.3 Å². The number of methoxy groups -OCH3 is 1. The fourth-order valence-electron chi connectivity index (χ4n) is 3.62. The Morgan fingerprint density at radius 2 is 2.07 bits per heavy atom. The maximum Gasteiger partial charge on any atom is 0.410 e. The van der Waals surface area contributed by atoms with E-state index in [0.29, 0.717) is 12.8 Å². The molecule has 1 aliphatic heterocycles. The smallest absolute Gasteiger partial charge is 0.410 e. The molecule has 0 aliphatic carbocycles. The number of nitrogens with zero attached hydrogens (tertiary/aromatic N) is 2. The van der Waals surface area contributed by atoms with Crippen molar-refractivity contribution in [2.75, 3.05) is 12.4 Å². The van der Waals surface area contributed by atoms with Crippen LogP contribution in [0.4, 0.5) is 19.0 Å². The summed E-state index contributed by atoms with van der Waals surface area (Å²) < 4.78 is 46.4. The number of amides is 1. The molecule has 30 heavy (non-hydrogen) atoms. The SMILES string of the molecule is CC[C@H]1C[C@@H](C(F)(F)F)n2ncc(C(=O)N[C@@H](C)CCc3ccc(OC)cc3)c2N1. The summed E-state index contributed by atoms with van der Waals surface area (Å²) in [5.74, 6) is 0.486. The third-order valence-electron chi connectivity index (χ3n) is 5.46. The first-order chi connectivity index (χ1) is 14.2. The van der Waals surface area contributed by atoms with Gasteiger partial charge in [0.2, 0.25) is 0 Å². The van der Waals surface area contributed by atoms with Gasteiger partial charge in [-0.2, -0.15) is 18.3 Å². The van der Waals surface area contributed by atoms with Gasteiger partial charge in [0.1, 0.15) is 17.1 Å². The lowest BCUT2D eigenvalue weighted by Crippen LogP contribution is -2.40. The van der Waals surface area contributed by atoms with Crippen molar-refractivity contribution in [2.45, 2.75) is 63.8 Å². The number of carbonyl (C=O) groups is 1. The van der Waals surface area contributed by atoms with Crippen LogP contribution in [-0.2, 0) is 6.42 Å². The quantitative estimate of drug-likeness (QED) is 0.694. The Morgan fingerprint density at radius 1 is 1.37 bits per heavy atom. The van der Waals surface area contributed by atoms with Crippen molar-refractivity contribution in [2.24, 2.45) is 0 Å². The highest BCUT2D eigenvalue weighted by Gasteiger charge is 2.46. The van der Waals surface area contributed by atoms with Gasteiger partial charge in [-0.25, -0.2) is 4.68 Å². The number of anilines is 1. The molecule has 6 nitrogen and oxygen atoms in total. The minimum Gasteiger partial charge on any atom is -0.497 e. The zero-order chi connectivity index (χ0) is 21.9. The molecule has 1 aliphatic rings. The predicted molar refractivity (Wildman–Crippen MR) is 108 cm³/mol. The van der Waals surface area contributed by atoms with Crippen LogP contribution in [0, 0.1) is 0 Å². The number of aromatic nitrogens is 2. The lowest BCUT2D eigenvalue weighted by Gasteiger charge is -2.33. The molecule has 3 atom stereocenters. The number of alkyl halides is 3. The van der Waals surface area contributed by atoms with E-state index in [0.717, 1.165) is 22.4 Å². The predicted octanol–water partition coefficient (Wildman–Crippen LogP) is 4.34. The minimum atomic E-state index is -4.42. The Bertz CT molecular complexity index is 864. The largest absolute Gasteiger partial charge is 0.497 e. The highest BCUT2D eigenvalue weighted by Crippen LogP contribution is 2.40. The molecule has 0 radical (unpaired) electrons. The summed E-state index contributed by atoms with van der Waals surface area (Å²) in [7, 11) is 1.61. The number of hydrogen-bond acceptors (Lipinski definition) is 4. The van der Waals surface area contributed by atoms with Crippen LogP contribution >= 0.6 is 0 Å². The Morgan fingerprint density at radius 3 is 2.67 bits per heavy atom. The van der Waals surface area contributed by atoms with Crippen LogP contribution in [-0.4, -0.2) is 41.1 Å². The van der Waals surface area contributed by atoms with E-state index in [1.807, 2.05) is 38.1 Å². The van der Waals surface area contributed by atoms with Gasteiger partial charge in [0.25, 0.3) is 5.91 Å². The molecule has 0 fully saturated rings. The monoisotopic (exact) mass is 424 g/mol. The maximum absolute atomic E-state index is 13.5. The summed E-state index contributed by atoms with van der Waals surface area (Å²) in [5.41, 5.74) is 1.25. The number of rotatable bonds is 7. The normalized spacial score (nSPS) is 19.5. The summed E-state index contributed by atoms with van der Waals surface area (Å²) in [6.07, 6.45) is -1.34. The molecular weight excluding hydrogens is 397 g/mol. The van der Waals surface area contributed by atoms with Crippen LogP contribution in [0.15, 0.2) is 30.5 Å². The van der Waals surface area contributed by atoms with Crippen LogP contribution < -0.4 is 15.4 Å². The molecule has 9 heteroatoms. The van der Waals surface area contributed by atoms with E-state index in [1.165, 1.54) is 6.20 Å². The van der Waals surface area contributed by atoms with Crippen LogP contribution in [0.3, 0.4) is 0 Å². The van der Waals surface area contributed by atoms with Crippen molar-refractivity contribution in [1.82, 2.24) is 15.1 Å². The summed E-state index contributed by atoms with van der Waals surface area (Å²) >= 11 is 0.